The Kier molecular flexibility index (Phi) is 0.988. The highest BCUT2D eigenvalue weighted by atomic mass is 14.5. The average Bonchev–Trinajstić information content (AvgIpc) is 2.72. The molecule has 0 saturated heterocycles. The summed E-state index contributed by atoms with van der Waals surface area (Å²) < 4.78 is 0. The summed E-state index contributed by atoms with van der Waals surface area (Å²) in [5.41, 5.74) is 0.980. The fourth-order valence-electron chi connectivity index (χ4n) is 2.73. The van der Waals surface area contributed by atoms with Crippen molar-refractivity contribution in [3.63, 3.8) is 0 Å². The SMILES string of the molecule is N#CC1=CC2C=CC3C=CC1C32. The van der Waals surface area contributed by atoms with Gasteiger partial charge in [0.15, 0.2) is 0 Å². The molecule has 0 saturated carbocycles. The first-order valence-corrected chi connectivity index (χ1v) is 4.38. The van der Waals surface area contributed by atoms with Crippen LogP contribution in [0.1, 0.15) is 0 Å². The van der Waals surface area contributed by atoms with Crippen molar-refractivity contribution in [2.75, 3.05) is 0 Å². The third kappa shape index (κ3) is 0.549. The molecule has 3 aliphatic carbocycles. The predicted octanol–water partition coefficient (Wildman–Crippen LogP) is 2.05. The van der Waals surface area contributed by atoms with Crippen molar-refractivity contribution < 1.29 is 0 Å². The standard InChI is InChI=1S/C11H9N/c12-6-9-5-8-2-1-7-3-4-10(9)11(7)8/h1-5,7-8,10-11H. The van der Waals surface area contributed by atoms with E-state index < -0.39 is 0 Å². The van der Waals surface area contributed by atoms with Gasteiger partial charge in [-0.05, 0) is 11.8 Å². The van der Waals surface area contributed by atoms with Crippen LogP contribution in [0.15, 0.2) is 36.0 Å². The van der Waals surface area contributed by atoms with Gasteiger partial charge in [0.25, 0.3) is 0 Å². The summed E-state index contributed by atoms with van der Waals surface area (Å²) in [4.78, 5) is 0. The molecule has 1 heteroatoms. The molecule has 0 amide bonds. The van der Waals surface area contributed by atoms with Gasteiger partial charge in [-0.25, -0.2) is 0 Å². The van der Waals surface area contributed by atoms with E-state index in [2.05, 4.69) is 36.4 Å². The second-order valence-electron chi connectivity index (χ2n) is 3.76. The maximum Gasteiger partial charge on any atom is 0.0950 e. The van der Waals surface area contributed by atoms with Crippen molar-refractivity contribution >= 4 is 0 Å². The zero-order chi connectivity index (χ0) is 8.13. The quantitative estimate of drug-likeness (QED) is 0.491. The van der Waals surface area contributed by atoms with Gasteiger partial charge < -0.3 is 0 Å². The Bertz CT molecular complexity index is 354. The van der Waals surface area contributed by atoms with Gasteiger partial charge >= 0.3 is 0 Å². The minimum Gasteiger partial charge on any atom is -0.193 e. The molecule has 0 aromatic carbocycles. The fourth-order valence-corrected chi connectivity index (χ4v) is 2.73. The highest BCUT2D eigenvalue weighted by Crippen LogP contribution is 2.50. The molecule has 4 unspecified atom stereocenters. The first kappa shape index (κ1) is 6.25. The predicted molar refractivity (Wildman–Crippen MR) is 45.9 cm³/mol. The van der Waals surface area contributed by atoms with Crippen LogP contribution in [-0.4, -0.2) is 0 Å². The number of nitriles is 1. The minimum atomic E-state index is 0.431. The molecule has 0 spiro atoms. The molecule has 0 aromatic rings. The van der Waals surface area contributed by atoms with Gasteiger partial charge in [0.05, 0.1) is 6.07 Å². The van der Waals surface area contributed by atoms with Crippen LogP contribution in [0.3, 0.4) is 0 Å². The normalized spacial score (nSPS) is 46.1. The first-order valence-electron chi connectivity index (χ1n) is 4.38. The van der Waals surface area contributed by atoms with Crippen molar-refractivity contribution in [2.45, 2.75) is 0 Å². The van der Waals surface area contributed by atoms with E-state index in [1.165, 1.54) is 0 Å². The molecule has 0 aromatic heterocycles. The largest absolute Gasteiger partial charge is 0.193 e. The van der Waals surface area contributed by atoms with Crippen molar-refractivity contribution in [3.05, 3.63) is 36.0 Å². The van der Waals surface area contributed by atoms with Gasteiger partial charge in [0.2, 0.25) is 0 Å². The average molecular weight is 155 g/mol. The fraction of sp³-hybridized carbons (Fsp3) is 0.364. The van der Waals surface area contributed by atoms with Crippen LogP contribution in [0.5, 0.6) is 0 Å². The summed E-state index contributed by atoms with van der Waals surface area (Å²) in [5.74, 6) is 2.26. The van der Waals surface area contributed by atoms with Crippen molar-refractivity contribution in [3.8, 4) is 6.07 Å². The summed E-state index contributed by atoms with van der Waals surface area (Å²) in [6.45, 7) is 0. The second-order valence-corrected chi connectivity index (χ2v) is 3.76. The molecule has 1 nitrogen and oxygen atoms in total. The second kappa shape index (κ2) is 1.90. The van der Waals surface area contributed by atoms with E-state index in [0.29, 0.717) is 23.7 Å². The summed E-state index contributed by atoms with van der Waals surface area (Å²) in [5, 5.41) is 8.86. The van der Waals surface area contributed by atoms with Crippen LogP contribution in [-0.2, 0) is 0 Å². The van der Waals surface area contributed by atoms with E-state index >= 15 is 0 Å². The number of nitrogens with zero attached hydrogens (tertiary/aromatic N) is 1. The lowest BCUT2D eigenvalue weighted by Crippen LogP contribution is -2.12. The molecular weight excluding hydrogens is 146 g/mol. The highest BCUT2D eigenvalue weighted by molar-refractivity contribution is 5.43. The van der Waals surface area contributed by atoms with Crippen LogP contribution in [0.25, 0.3) is 0 Å². The lowest BCUT2D eigenvalue weighted by Gasteiger charge is -2.14. The molecule has 0 heterocycles. The van der Waals surface area contributed by atoms with Gasteiger partial charge in [-0.2, -0.15) is 5.26 Å². The summed E-state index contributed by atoms with van der Waals surface area (Å²) in [7, 11) is 0. The monoisotopic (exact) mass is 155 g/mol. The van der Waals surface area contributed by atoms with Gasteiger partial charge in [-0.15, -0.1) is 0 Å². The Labute approximate surface area is 71.7 Å². The Hall–Kier alpha value is -1.29. The topological polar surface area (TPSA) is 23.8 Å². The van der Waals surface area contributed by atoms with Crippen LogP contribution >= 0.6 is 0 Å². The lowest BCUT2D eigenvalue weighted by molar-refractivity contribution is 0.415. The van der Waals surface area contributed by atoms with Crippen molar-refractivity contribution in [1.82, 2.24) is 0 Å². The third-order valence-corrected chi connectivity index (χ3v) is 3.26. The number of allylic oxidation sites excluding steroid dienone is 6. The van der Waals surface area contributed by atoms with E-state index in [0.717, 1.165) is 5.57 Å². The molecule has 0 radical (unpaired) electrons. The minimum absolute atomic E-state index is 0.431. The first-order chi connectivity index (χ1) is 5.90. The van der Waals surface area contributed by atoms with Gasteiger partial charge in [0.1, 0.15) is 0 Å². The zero-order valence-electron chi connectivity index (χ0n) is 6.64. The molecule has 58 valence electrons. The van der Waals surface area contributed by atoms with Crippen LogP contribution in [0.2, 0.25) is 0 Å². The van der Waals surface area contributed by atoms with Crippen LogP contribution in [0, 0.1) is 35.0 Å². The maximum absolute atomic E-state index is 8.86. The van der Waals surface area contributed by atoms with E-state index in [4.69, 9.17) is 5.26 Å². The molecule has 0 bridgehead atoms. The van der Waals surface area contributed by atoms with Crippen molar-refractivity contribution in [2.24, 2.45) is 23.7 Å². The van der Waals surface area contributed by atoms with Gasteiger partial charge in [0, 0.05) is 17.4 Å². The lowest BCUT2D eigenvalue weighted by atomic mass is 9.87. The summed E-state index contributed by atoms with van der Waals surface area (Å²) in [6, 6.07) is 2.30. The summed E-state index contributed by atoms with van der Waals surface area (Å²) >= 11 is 0. The third-order valence-electron chi connectivity index (χ3n) is 3.26. The number of hydrogen-bond donors (Lipinski definition) is 0. The summed E-state index contributed by atoms with van der Waals surface area (Å²) in [6.07, 6.45) is 11.1. The molecular formula is C11H9N. The molecule has 12 heavy (non-hydrogen) atoms. The molecule has 0 fully saturated rings. The van der Waals surface area contributed by atoms with E-state index in [9.17, 15) is 0 Å². The van der Waals surface area contributed by atoms with Crippen molar-refractivity contribution in [1.29, 1.82) is 5.26 Å². The van der Waals surface area contributed by atoms with E-state index in [1.807, 2.05) is 0 Å². The Morgan fingerprint density at radius 2 is 1.83 bits per heavy atom. The van der Waals surface area contributed by atoms with Crippen LogP contribution in [0.4, 0.5) is 0 Å². The van der Waals surface area contributed by atoms with Gasteiger partial charge in [-0.1, -0.05) is 30.4 Å². The van der Waals surface area contributed by atoms with Crippen LogP contribution < -0.4 is 0 Å². The van der Waals surface area contributed by atoms with E-state index in [-0.39, 0.29) is 0 Å². The maximum atomic E-state index is 8.86. The zero-order valence-corrected chi connectivity index (χ0v) is 6.64. The molecule has 3 aliphatic rings. The molecule has 0 N–H and O–H groups in total. The molecule has 0 aliphatic heterocycles. The smallest absolute Gasteiger partial charge is 0.0950 e. The number of hydrogen-bond acceptors (Lipinski definition) is 1. The Morgan fingerprint density at radius 3 is 2.67 bits per heavy atom. The molecule has 3 rings (SSSR count). The Balaban J connectivity index is 2.12. The van der Waals surface area contributed by atoms with E-state index in [1.54, 1.807) is 0 Å². The molecule has 4 atom stereocenters. The Morgan fingerprint density at radius 1 is 1.08 bits per heavy atom. The highest BCUT2D eigenvalue weighted by Gasteiger charge is 2.44. The van der Waals surface area contributed by atoms with Gasteiger partial charge in [-0.3, -0.25) is 0 Å². The number of rotatable bonds is 0.